The molecule has 1 fully saturated rings. The summed E-state index contributed by atoms with van der Waals surface area (Å²) in [6.07, 6.45) is 3.31. The highest BCUT2D eigenvalue weighted by Gasteiger charge is 2.33. The highest BCUT2D eigenvalue weighted by Crippen LogP contribution is 2.25. The summed E-state index contributed by atoms with van der Waals surface area (Å²) in [5.74, 6) is 0.174. The van der Waals surface area contributed by atoms with Crippen LogP contribution in [-0.4, -0.2) is 53.8 Å². The molecule has 1 aromatic carbocycles. The van der Waals surface area contributed by atoms with Gasteiger partial charge in [0.05, 0.1) is 17.1 Å². The van der Waals surface area contributed by atoms with E-state index >= 15 is 0 Å². The molecular weight excluding hydrogens is 376 g/mol. The van der Waals surface area contributed by atoms with Gasteiger partial charge in [0, 0.05) is 36.2 Å². The zero-order valence-corrected chi connectivity index (χ0v) is 16.0. The number of carbonyl (C=O) groups excluding carboxylic acids is 1. The second-order valence-electron chi connectivity index (χ2n) is 6.31. The largest absolute Gasteiger partial charge is 0.338 e. The van der Waals surface area contributed by atoms with Crippen molar-refractivity contribution in [2.75, 3.05) is 23.9 Å². The van der Waals surface area contributed by atoms with Crippen molar-refractivity contribution in [3.8, 4) is 0 Å². The first-order valence-corrected chi connectivity index (χ1v) is 10.3. The third-order valence-corrected chi connectivity index (χ3v) is 6.65. The van der Waals surface area contributed by atoms with E-state index in [1.165, 1.54) is 17.3 Å². The summed E-state index contributed by atoms with van der Waals surface area (Å²) in [5.41, 5.74) is 1.97. The molecule has 3 rings (SSSR count). The maximum absolute atomic E-state index is 12.5. The summed E-state index contributed by atoms with van der Waals surface area (Å²) in [7, 11) is -1.44. The Balaban J connectivity index is 1.71. The minimum absolute atomic E-state index is 0.00375. The minimum Gasteiger partial charge on any atom is -0.338 e. The molecule has 7 nitrogen and oxygen atoms in total. The molecule has 138 valence electrons. The van der Waals surface area contributed by atoms with Crippen LogP contribution in [-0.2, 0) is 9.84 Å². The predicted octanol–water partition coefficient (Wildman–Crippen LogP) is 2.44. The maximum atomic E-state index is 12.5. The first-order valence-electron chi connectivity index (χ1n) is 8.08. The van der Waals surface area contributed by atoms with E-state index in [-0.39, 0.29) is 23.5 Å². The molecule has 0 bridgehead atoms. The van der Waals surface area contributed by atoms with Gasteiger partial charge in [-0.05, 0) is 31.0 Å². The number of nitrogens with one attached hydrogen (secondary N) is 1. The SMILES string of the molecule is Cc1c(Cl)cccc1Nc1ncc(C(=O)N(C)C2CCS(=O)(=O)C2)cn1. The van der Waals surface area contributed by atoms with Gasteiger partial charge in [-0.2, -0.15) is 0 Å². The van der Waals surface area contributed by atoms with Gasteiger partial charge < -0.3 is 10.2 Å². The monoisotopic (exact) mass is 394 g/mol. The molecule has 26 heavy (non-hydrogen) atoms. The van der Waals surface area contributed by atoms with Crippen LogP contribution in [0.3, 0.4) is 0 Å². The van der Waals surface area contributed by atoms with Crippen LogP contribution >= 0.6 is 11.6 Å². The Morgan fingerprint density at radius 1 is 1.31 bits per heavy atom. The molecule has 1 aliphatic rings. The van der Waals surface area contributed by atoms with Crippen LogP contribution in [0.2, 0.25) is 5.02 Å². The van der Waals surface area contributed by atoms with Crippen molar-refractivity contribution >= 4 is 39.0 Å². The quantitative estimate of drug-likeness (QED) is 0.856. The Kier molecular flexibility index (Phi) is 5.15. The fourth-order valence-corrected chi connectivity index (χ4v) is 4.77. The van der Waals surface area contributed by atoms with Crippen molar-refractivity contribution in [3.63, 3.8) is 0 Å². The van der Waals surface area contributed by atoms with E-state index in [0.29, 0.717) is 23.0 Å². The third-order valence-electron chi connectivity index (χ3n) is 4.49. The number of sulfone groups is 1. The molecule has 1 unspecified atom stereocenters. The average molecular weight is 395 g/mol. The Bertz CT molecular complexity index is 932. The van der Waals surface area contributed by atoms with Gasteiger partial charge in [-0.3, -0.25) is 4.79 Å². The number of anilines is 2. The molecular formula is C17H19ClN4O3S. The molecule has 2 aromatic rings. The zero-order chi connectivity index (χ0) is 18.9. The lowest BCUT2D eigenvalue weighted by molar-refractivity contribution is 0.0747. The van der Waals surface area contributed by atoms with E-state index in [0.717, 1.165) is 11.3 Å². The zero-order valence-electron chi connectivity index (χ0n) is 14.4. The fourth-order valence-electron chi connectivity index (χ4n) is 2.82. The van der Waals surface area contributed by atoms with Crippen LogP contribution in [0.25, 0.3) is 0 Å². The predicted molar refractivity (Wildman–Crippen MR) is 101 cm³/mol. The first kappa shape index (κ1) is 18.6. The van der Waals surface area contributed by atoms with E-state index in [1.807, 2.05) is 19.1 Å². The molecule has 0 saturated carbocycles. The number of carbonyl (C=O) groups is 1. The number of aromatic nitrogens is 2. The summed E-state index contributed by atoms with van der Waals surface area (Å²) in [4.78, 5) is 22.3. The number of halogens is 1. The Labute approximate surface area is 157 Å². The molecule has 2 heterocycles. The Hall–Kier alpha value is -2.19. The van der Waals surface area contributed by atoms with Crippen LogP contribution in [0.4, 0.5) is 11.6 Å². The number of hydrogen-bond acceptors (Lipinski definition) is 6. The van der Waals surface area contributed by atoms with E-state index < -0.39 is 9.84 Å². The molecule has 1 N–H and O–H groups in total. The van der Waals surface area contributed by atoms with Gasteiger partial charge in [0.2, 0.25) is 5.95 Å². The van der Waals surface area contributed by atoms with Gasteiger partial charge in [0.1, 0.15) is 0 Å². The van der Waals surface area contributed by atoms with Crippen molar-refractivity contribution in [3.05, 3.63) is 46.7 Å². The third kappa shape index (κ3) is 3.96. The second-order valence-corrected chi connectivity index (χ2v) is 8.94. The van der Waals surface area contributed by atoms with Crippen molar-refractivity contribution in [1.29, 1.82) is 0 Å². The molecule has 1 atom stereocenters. The standard InChI is InChI=1S/C17H19ClN4O3S/c1-11-14(18)4-3-5-15(11)21-17-19-8-12(9-20-17)16(23)22(2)13-6-7-26(24,25)10-13/h3-5,8-9,13H,6-7,10H2,1-2H3,(H,19,20,21). The topological polar surface area (TPSA) is 92.3 Å². The van der Waals surface area contributed by atoms with Gasteiger partial charge in [-0.1, -0.05) is 17.7 Å². The fraction of sp³-hybridized carbons (Fsp3) is 0.353. The highest BCUT2D eigenvalue weighted by atomic mass is 35.5. The van der Waals surface area contributed by atoms with E-state index in [4.69, 9.17) is 11.6 Å². The van der Waals surface area contributed by atoms with Crippen LogP contribution in [0, 0.1) is 6.92 Å². The summed E-state index contributed by atoms with van der Waals surface area (Å²) < 4.78 is 23.2. The lowest BCUT2D eigenvalue weighted by Gasteiger charge is -2.23. The lowest BCUT2D eigenvalue weighted by Crippen LogP contribution is -2.37. The molecule has 0 aliphatic carbocycles. The van der Waals surface area contributed by atoms with Gasteiger partial charge >= 0.3 is 0 Å². The van der Waals surface area contributed by atoms with Crippen LogP contribution in [0.1, 0.15) is 22.3 Å². The number of hydrogen-bond donors (Lipinski definition) is 1. The molecule has 1 saturated heterocycles. The average Bonchev–Trinajstić information content (AvgIpc) is 2.98. The van der Waals surface area contributed by atoms with Crippen molar-refractivity contribution < 1.29 is 13.2 Å². The van der Waals surface area contributed by atoms with Crippen LogP contribution < -0.4 is 5.32 Å². The van der Waals surface area contributed by atoms with E-state index in [9.17, 15) is 13.2 Å². The van der Waals surface area contributed by atoms with E-state index in [1.54, 1.807) is 13.1 Å². The van der Waals surface area contributed by atoms with Crippen molar-refractivity contribution in [2.45, 2.75) is 19.4 Å². The number of amides is 1. The molecule has 1 aromatic heterocycles. The van der Waals surface area contributed by atoms with Crippen molar-refractivity contribution in [2.24, 2.45) is 0 Å². The Morgan fingerprint density at radius 3 is 2.62 bits per heavy atom. The minimum atomic E-state index is -3.05. The second kappa shape index (κ2) is 7.20. The van der Waals surface area contributed by atoms with Gasteiger partial charge in [-0.25, -0.2) is 18.4 Å². The van der Waals surface area contributed by atoms with Gasteiger partial charge in [0.15, 0.2) is 9.84 Å². The lowest BCUT2D eigenvalue weighted by atomic mass is 10.2. The van der Waals surface area contributed by atoms with Gasteiger partial charge in [-0.15, -0.1) is 0 Å². The molecule has 1 aliphatic heterocycles. The molecule has 0 radical (unpaired) electrons. The Morgan fingerprint density at radius 2 is 2.00 bits per heavy atom. The van der Waals surface area contributed by atoms with E-state index in [2.05, 4.69) is 15.3 Å². The van der Waals surface area contributed by atoms with Crippen LogP contribution in [0.15, 0.2) is 30.6 Å². The van der Waals surface area contributed by atoms with Crippen molar-refractivity contribution in [1.82, 2.24) is 14.9 Å². The molecule has 9 heteroatoms. The molecule has 0 spiro atoms. The van der Waals surface area contributed by atoms with Crippen LogP contribution in [0.5, 0.6) is 0 Å². The van der Waals surface area contributed by atoms with Gasteiger partial charge in [0.25, 0.3) is 5.91 Å². The highest BCUT2D eigenvalue weighted by molar-refractivity contribution is 7.91. The number of benzene rings is 1. The molecule has 1 amide bonds. The summed E-state index contributed by atoms with van der Waals surface area (Å²) in [6.45, 7) is 1.88. The summed E-state index contributed by atoms with van der Waals surface area (Å²) in [6, 6.07) is 5.17. The first-order chi connectivity index (χ1) is 12.3. The summed E-state index contributed by atoms with van der Waals surface area (Å²) >= 11 is 6.09. The summed E-state index contributed by atoms with van der Waals surface area (Å²) in [5, 5.41) is 3.70. The smallest absolute Gasteiger partial charge is 0.257 e. The maximum Gasteiger partial charge on any atom is 0.257 e. The normalized spacial score (nSPS) is 18.5. The number of rotatable bonds is 4. The number of nitrogens with zero attached hydrogens (tertiary/aromatic N) is 3.